The Bertz CT molecular complexity index is 846. The van der Waals surface area contributed by atoms with Gasteiger partial charge in [0.25, 0.3) is 0 Å². The lowest BCUT2D eigenvalue weighted by molar-refractivity contribution is -0.128. The molecule has 6 nitrogen and oxygen atoms in total. The number of nitrogens with zero attached hydrogens (tertiary/aromatic N) is 2. The minimum atomic E-state index is 0.0473. The largest absolute Gasteiger partial charge is 0.490 e. The van der Waals surface area contributed by atoms with E-state index in [1.165, 1.54) is 0 Å². The summed E-state index contributed by atoms with van der Waals surface area (Å²) in [7, 11) is 0. The maximum atomic E-state index is 12.2. The first-order valence-corrected chi connectivity index (χ1v) is 10.3. The van der Waals surface area contributed by atoms with Gasteiger partial charge in [-0.25, -0.2) is 0 Å². The number of nitrogens with one attached hydrogen (secondary N) is 1. The highest BCUT2D eigenvalue weighted by Gasteiger charge is 2.25. The molecule has 0 spiro atoms. The van der Waals surface area contributed by atoms with Gasteiger partial charge in [-0.3, -0.25) is 14.6 Å². The van der Waals surface area contributed by atoms with Crippen LogP contribution in [0.1, 0.15) is 44.9 Å². The molecule has 1 aliphatic heterocycles. The Morgan fingerprint density at radius 3 is 2.86 bits per heavy atom. The second-order valence-electron chi connectivity index (χ2n) is 7.75. The fourth-order valence-corrected chi connectivity index (χ4v) is 4.12. The van der Waals surface area contributed by atoms with Gasteiger partial charge < -0.3 is 15.0 Å². The number of ether oxygens (including phenoxy) is 1. The molecule has 2 aliphatic rings. The molecule has 6 heteroatoms. The first kappa shape index (κ1) is 18.7. The van der Waals surface area contributed by atoms with Gasteiger partial charge in [0, 0.05) is 43.6 Å². The van der Waals surface area contributed by atoms with Crippen LogP contribution in [0.2, 0.25) is 0 Å². The lowest BCUT2D eigenvalue weighted by Gasteiger charge is -2.29. The van der Waals surface area contributed by atoms with Gasteiger partial charge in [0.1, 0.15) is 5.75 Å². The Kier molecular flexibility index (Phi) is 5.74. The van der Waals surface area contributed by atoms with E-state index < -0.39 is 0 Å². The van der Waals surface area contributed by atoms with E-state index >= 15 is 0 Å². The fourth-order valence-electron chi connectivity index (χ4n) is 4.12. The van der Waals surface area contributed by atoms with Gasteiger partial charge in [-0.15, -0.1) is 0 Å². The van der Waals surface area contributed by atoms with Crippen LogP contribution < -0.4 is 10.1 Å². The standard InChI is InChI=1S/C22H27N3O3/c26-21(11-14-25-13-2-4-22(25)27)24-17-5-7-18(8-6-17)28-19-9-10-20-16(15-19)3-1-12-23-20/h1,3,9-10,12,15,17-18H,2,4-8,11,13-14H2,(H,24,26). The monoisotopic (exact) mass is 381 g/mol. The molecule has 0 bridgehead atoms. The van der Waals surface area contributed by atoms with Gasteiger partial charge in [-0.2, -0.15) is 0 Å². The van der Waals surface area contributed by atoms with Crippen molar-refractivity contribution in [3.8, 4) is 5.75 Å². The molecule has 1 aliphatic carbocycles. The molecule has 1 aromatic carbocycles. The summed E-state index contributed by atoms with van der Waals surface area (Å²) in [4.78, 5) is 29.9. The van der Waals surface area contributed by atoms with Gasteiger partial charge in [0.2, 0.25) is 11.8 Å². The molecular formula is C22H27N3O3. The molecule has 1 N–H and O–H groups in total. The second kappa shape index (κ2) is 8.59. The van der Waals surface area contributed by atoms with Crippen molar-refractivity contribution in [1.29, 1.82) is 0 Å². The zero-order valence-corrected chi connectivity index (χ0v) is 16.1. The maximum Gasteiger partial charge on any atom is 0.222 e. The number of rotatable bonds is 6. The van der Waals surface area contributed by atoms with E-state index in [1.54, 1.807) is 11.1 Å². The van der Waals surface area contributed by atoms with Crippen LogP contribution in [-0.2, 0) is 9.59 Å². The van der Waals surface area contributed by atoms with Crippen LogP contribution >= 0.6 is 0 Å². The highest BCUT2D eigenvalue weighted by molar-refractivity contribution is 5.80. The summed E-state index contributed by atoms with van der Waals surface area (Å²) in [6.45, 7) is 1.33. The van der Waals surface area contributed by atoms with E-state index in [-0.39, 0.29) is 24.0 Å². The molecular weight excluding hydrogens is 354 g/mol. The van der Waals surface area contributed by atoms with E-state index in [9.17, 15) is 9.59 Å². The summed E-state index contributed by atoms with van der Waals surface area (Å²) in [6.07, 6.45) is 7.63. The van der Waals surface area contributed by atoms with E-state index in [1.807, 2.05) is 30.3 Å². The number of likely N-dealkylation sites (tertiary alicyclic amines) is 1. The Morgan fingerprint density at radius 2 is 2.07 bits per heavy atom. The molecule has 148 valence electrons. The number of hydrogen-bond donors (Lipinski definition) is 1. The number of carbonyl (C=O) groups is 2. The van der Waals surface area contributed by atoms with Gasteiger partial charge in [-0.05, 0) is 56.4 Å². The van der Waals surface area contributed by atoms with Gasteiger partial charge in [0.05, 0.1) is 11.6 Å². The molecule has 4 rings (SSSR count). The predicted octanol–water partition coefficient (Wildman–Crippen LogP) is 3.05. The molecule has 0 radical (unpaired) electrons. The van der Waals surface area contributed by atoms with Crippen LogP contribution in [0, 0.1) is 0 Å². The third kappa shape index (κ3) is 4.61. The molecule has 1 saturated heterocycles. The minimum Gasteiger partial charge on any atom is -0.490 e. The molecule has 2 amide bonds. The third-order valence-corrected chi connectivity index (χ3v) is 5.70. The van der Waals surface area contributed by atoms with Crippen molar-refractivity contribution in [2.24, 2.45) is 0 Å². The molecule has 28 heavy (non-hydrogen) atoms. The first-order valence-electron chi connectivity index (χ1n) is 10.3. The highest BCUT2D eigenvalue weighted by Crippen LogP contribution is 2.26. The van der Waals surface area contributed by atoms with Crippen LogP contribution in [0.25, 0.3) is 10.9 Å². The highest BCUT2D eigenvalue weighted by atomic mass is 16.5. The van der Waals surface area contributed by atoms with Crippen molar-refractivity contribution in [3.63, 3.8) is 0 Å². The average Bonchev–Trinajstić information content (AvgIpc) is 3.13. The van der Waals surface area contributed by atoms with Crippen molar-refractivity contribution in [3.05, 3.63) is 36.5 Å². The summed E-state index contributed by atoms with van der Waals surface area (Å²) in [5, 5.41) is 4.21. The van der Waals surface area contributed by atoms with Gasteiger partial charge >= 0.3 is 0 Å². The van der Waals surface area contributed by atoms with Crippen molar-refractivity contribution >= 4 is 22.7 Å². The molecule has 0 atom stereocenters. The van der Waals surface area contributed by atoms with Gasteiger partial charge in [-0.1, -0.05) is 6.07 Å². The first-order chi connectivity index (χ1) is 13.7. The summed E-state index contributed by atoms with van der Waals surface area (Å²) in [5.41, 5.74) is 0.969. The number of carbonyl (C=O) groups excluding carboxylic acids is 2. The number of amides is 2. The topological polar surface area (TPSA) is 71.5 Å². The summed E-state index contributed by atoms with van der Waals surface area (Å²) >= 11 is 0. The summed E-state index contributed by atoms with van der Waals surface area (Å²) < 4.78 is 6.16. The van der Waals surface area contributed by atoms with Crippen LogP contribution in [0.5, 0.6) is 5.75 Å². The summed E-state index contributed by atoms with van der Waals surface area (Å²) in [5.74, 6) is 1.10. The molecule has 2 heterocycles. The van der Waals surface area contributed by atoms with E-state index in [0.29, 0.717) is 19.4 Å². The van der Waals surface area contributed by atoms with E-state index in [4.69, 9.17) is 4.74 Å². The Labute approximate surface area is 165 Å². The average molecular weight is 381 g/mol. The zero-order chi connectivity index (χ0) is 19.3. The quantitative estimate of drug-likeness (QED) is 0.835. The number of aromatic nitrogens is 1. The molecule has 1 saturated carbocycles. The third-order valence-electron chi connectivity index (χ3n) is 5.70. The van der Waals surface area contributed by atoms with Crippen molar-refractivity contribution in [2.75, 3.05) is 13.1 Å². The van der Waals surface area contributed by atoms with E-state index in [2.05, 4.69) is 10.3 Å². The Balaban J connectivity index is 1.20. The number of fused-ring (bicyclic) bond motifs is 1. The predicted molar refractivity (Wildman–Crippen MR) is 107 cm³/mol. The smallest absolute Gasteiger partial charge is 0.222 e. The van der Waals surface area contributed by atoms with Crippen molar-refractivity contribution < 1.29 is 14.3 Å². The molecule has 1 aromatic heterocycles. The minimum absolute atomic E-state index is 0.0473. The van der Waals surface area contributed by atoms with Crippen LogP contribution in [-0.4, -0.2) is 46.9 Å². The van der Waals surface area contributed by atoms with Crippen LogP contribution in [0.15, 0.2) is 36.5 Å². The fraction of sp³-hybridized carbons (Fsp3) is 0.500. The molecule has 2 aromatic rings. The SMILES string of the molecule is O=C(CCN1CCCC1=O)NC1CCC(Oc2ccc3ncccc3c2)CC1. The molecule has 2 fully saturated rings. The normalized spacial score (nSPS) is 22.4. The second-order valence-corrected chi connectivity index (χ2v) is 7.75. The van der Waals surface area contributed by atoms with Crippen LogP contribution in [0.4, 0.5) is 0 Å². The lowest BCUT2D eigenvalue weighted by Crippen LogP contribution is -2.41. The number of pyridine rings is 1. The van der Waals surface area contributed by atoms with Crippen LogP contribution in [0.3, 0.4) is 0 Å². The summed E-state index contributed by atoms with van der Waals surface area (Å²) in [6, 6.07) is 10.2. The van der Waals surface area contributed by atoms with E-state index in [0.717, 1.165) is 55.3 Å². The maximum absolute atomic E-state index is 12.2. The Hall–Kier alpha value is -2.63. The van der Waals surface area contributed by atoms with Gasteiger partial charge in [0.15, 0.2) is 0 Å². The van der Waals surface area contributed by atoms with Crippen molar-refractivity contribution in [2.45, 2.75) is 57.1 Å². The lowest BCUT2D eigenvalue weighted by atomic mass is 9.92. The molecule has 0 unspecified atom stereocenters. The number of hydrogen-bond acceptors (Lipinski definition) is 4. The number of benzene rings is 1. The Morgan fingerprint density at radius 1 is 1.21 bits per heavy atom. The zero-order valence-electron chi connectivity index (χ0n) is 16.1. The van der Waals surface area contributed by atoms with Crippen molar-refractivity contribution in [1.82, 2.24) is 15.2 Å².